The third kappa shape index (κ3) is 4.31. The zero-order chi connectivity index (χ0) is 23.7. The summed E-state index contributed by atoms with van der Waals surface area (Å²) < 4.78 is 25.1. The molecule has 0 spiro atoms. The fourth-order valence-electron chi connectivity index (χ4n) is 3.57. The highest BCUT2D eigenvalue weighted by Gasteiger charge is 2.27. The van der Waals surface area contributed by atoms with E-state index in [1.165, 1.54) is 0 Å². The number of morpholine rings is 1. The maximum atomic E-state index is 14.6. The Bertz CT molecular complexity index is 1300. The van der Waals surface area contributed by atoms with Gasteiger partial charge >= 0.3 is 11.9 Å². The van der Waals surface area contributed by atoms with Crippen LogP contribution in [0.15, 0.2) is 27.5 Å². The SMILES string of the molecule is Nc1[nH]c(=O)c(C(=O)O)c(-c2ccc(F)c(-c3noc(CN4CCOCC4)n3)c2)c1C(=O)O. The minimum atomic E-state index is -1.67. The van der Waals surface area contributed by atoms with Crippen molar-refractivity contribution in [2.45, 2.75) is 6.54 Å². The second-order valence-electron chi connectivity index (χ2n) is 7.20. The van der Waals surface area contributed by atoms with Crippen LogP contribution in [0.2, 0.25) is 0 Å². The lowest BCUT2D eigenvalue weighted by molar-refractivity contribution is 0.0297. The highest BCUT2D eigenvalue weighted by atomic mass is 19.1. The minimum absolute atomic E-state index is 0.0708. The number of ether oxygens (including phenoxy) is 1. The number of aromatic amines is 1. The number of pyridine rings is 1. The van der Waals surface area contributed by atoms with E-state index >= 15 is 0 Å². The molecule has 4 rings (SSSR count). The molecule has 3 heterocycles. The van der Waals surface area contributed by atoms with Gasteiger partial charge in [0.1, 0.15) is 22.8 Å². The first-order valence-corrected chi connectivity index (χ1v) is 9.71. The number of hydrogen-bond acceptors (Lipinski definition) is 9. The largest absolute Gasteiger partial charge is 0.478 e. The van der Waals surface area contributed by atoms with E-state index in [1.807, 2.05) is 9.88 Å². The molecule has 13 heteroatoms. The van der Waals surface area contributed by atoms with E-state index in [4.69, 9.17) is 15.0 Å². The molecule has 0 aliphatic carbocycles. The fourth-order valence-corrected chi connectivity index (χ4v) is 3.57. The molecule has 172 valence electrons. The number of nitrogens with zero attached hydrogens (tertiary/aromatic N) is 3. The number of rotatable bonds is 6. The maximum absolute atomic E-state index is 14.6. The fraction of sp³-hybridized carbons (Fsp3) is 0.250. The lowest BCUT2D eigenvalue weighted by Crippen LogP contribution is -2.35. The lowest BCUT2D eigenvalue weighted by atomic mass is 9.94. The minimum Gasteiger partial charge on any atom is -0.478 e. The Kier molecular flexibility index (Phi) is 5.89. The number of aromatic carboxylic acids is 2. The lowest BCUT2D eigenvalue weighted by Gasteiger charge is -2.24. The van der Waals surface area contributed by atoms with Gasteiger partial charge in [-0.2, -0.15) is 4.98 Å². The van der Waals surface area contributed by atoms with Crippen molar-refractivity contribution in [2.75, 3.05) is 32.0 Å². The quantitative estimate of drug-likeness (QED) is 0.413. The molecular weight excluding hydrogens is 441 g/mol. The van der Waals surface area contributed by atoms with Gasteiger partial charge in [0, 0.05) is 18.7 Å². The van der Waals surface area contributed by atoms with Gasteiger partial charge in [-0.05, 0) is 17.7 Å². The molecule has 0 saturated carbocycles. The molecule has 1 aromatic carbocycles. The molecule has 1 aliphatic heterocycles. The van der Waals surface area contributed by atoms with E-state index in [0.29, 0.717) is 32.8 Å². The zero-order valence-electron chi connectivity index (χ0n) is 17.0. The third-order valence-corrected chi connectivity index (χ3v) is 5.10. The predicted octanol–water partition coefficient (Wildman–Crippen LogP) is 1.04. The standard InChI is InChI=1S/C20H18FN5O7/c21-11-2-1-9(13-14(19(28)29)16(22)24-18(27)15(13)20(30)31)7-10(11)17-23-12(33-25-17)8-26-3-5-32-6-4-26/h1-2,7H,3-6,8H2,(H,28,29)(H,30,31)(H3,22,24,27). The number of carbonyl (C=O) groups is 2. The van der Waals surface area contributed by atoms with Gasteiger partial charge in [-0.15, -0.1) is 0 Å². The number of benzene rings is 1. The number of nitrogens with two attached hydrogens (primary N) is 1. The normalized spacial score (nSPS) is 14.3. The van der Waals surface area contributed by atoms with Crippen LogP contribution < -0.4 is 11.3 Å². The molecule has 5 N–H and O–H groups in total. The smallest absolute Gasteiger partial charge is 0.342 e. The number of aromatic nitrogens is 3. The Morgan fingerprint density at radius 3 is 2.55 bits per heavy atom. The first kappa shape index (κ1) is 22.1. The number of H-pyrrole nitrogens is 1. The van der Waals surface area contributed by atoms with Gasteiger partial charge in [-0.3, -0.25) is 9.69 Å². The summed E-state index contributed by atoms with van der Waals surface area (Å²) >= 11 is 0. The summed E-state index contributed by atoms with van der Waals surface area (Å²) in [5.74, 6) is -4.43. The number of halogens is 1. The van der Waals surface area contributed by atoms with E-state index in [2.05, 4.69) is 10.1 Å². The first-order chi connectivity index (χ1) is 15.8. The van der Waals surface area contributed by atoms with Crippen molar-refractivity contribution in [1.29, 1.82) is 0 Å². The van der Waals surface area contributed by atoms with Crippen molar-refractivity contribution in [3.8, 4) is 22.5 Å². The second kappa shape index (κ2) is 8.80. The van der Waals surface area contributed by atoms with Gasteiger partial charge in [0.2, 0.25) is 11.7 Å². The van der Waals surface area contributed by atoms with Crippen LogP contribution in [0.4, 0.5) is 10.2 Å². The first-order valence-electron chi connectivity index (χ1n) is 9.71. The van der Waals surface area contributed by atoms with Gasteiger partial charge < -0.3 is 30.2 Å². The molecule has 2 aromatic heterocycles. The molecule has 1 aliphatic rings. The van der Waals surface area contributed by atoms with Crippen LogP contribution in [0.1, 0.15) is 26.6 Å². The highest BCUT2D eigenvalue weighted by molar-refractivity contribution is 6.07. The second-order valence-corrected chi connectivity index (χ2v) is 7.20. The average Bonchev–Trinajstić information content (AvgIpc) is 3.21. The van der Waals surface area contributed by atoms with Gasteiger partial charge in [0.15, 0.2) is 0 Å². The molecular formula is C20H18FN5O7. The Labute approximate surface area is 184 Å². The topological polar surface area (TPSA) is 185 Å². The maximum Gasteiger partial charge on any atom is 0.342 e. The summed E-state index contributed by atoms with van der Waals surface area (Å²) in [4.78, 5) is 44.0. The van der Waals surface area contributed by atoms with Crippen LogP contribution in [-0.2, 0) is 11.3 Å². The number of anilines is 1. The monoisotopic (exact) mass is 459 g/mol. The summed E-state index contributed by atoms with van der Waals surface area (Å²) in [5.41, 5.74) is 2.36. The molecule has 0 bridgehead atoms. The van der Waals surface area contributed by atoms with Crippen molar-refractivity contribution >= 4 is 17.8 Å². The van der Waals surface area contributed by atoms with E-state index in [-0.39, 0.29) is 22.8 Å². The number of nitrogens with one attached hydrogen (secondary N) is 1. The summed E-state index contributed by atoms with van der Waals surface area (Å²) in [6, 6.07) is 3.27. The molecule has 0 radical (unpaired) electrons. The number of carboxylic acids is 2. The van der Waals surface area contributed by atoms with Crippen LogP contribution in [0.3, 0.4) is 0 Å². The molecule has 0 amide bonds. The number of hydrogen-bond donors (Lipinski definition) is 4. The molecule has 0 unspecified atom stereocenters. The Balaban J connectivity index is 1.80. The summed E-state index contributed by atoms with van der Waals surface area (Å²) in [7, 11) is 0. The van der Waals surface area contributed by atoms with Crippen LogP contribution in [-0.4, -0.2) is 68.5 Å². The predicted molar refractivity (Wildman–Crippen MR) is 110 cm³/mol. The van der Waals surface area contributed by atoms with Crippen molar-refractivity contribution in [3.05, 3.63) is 51.4 Å². The van der Waals surface area contributed by atoms with Gasteiger partial charge in [0.25, 0.3) is 5.56 Å². The number of nitrogen functional groups attached to an aromatic ring is 1. The number of carboxylic acid groups (broad SMARTS) is 2. The molecule has 0 atom stereocenters. The van der Waals surface area contributed by atoms with Crippen molar-refractivity contribution < 1.29 is 33.5 Å². The van der Waals surface area contributed by atoms with Gasteiger partial charge in [-0.25, -0.2) is 14.0 Å². The van der Waals surface area contributed by atoms with Crippen molar-refractivity contribution in [3.63, 3.8) is 0 Å². The van der Waals surface area contributed by atoms with Gasteiger partial charge in [-0.1, -0.05) is 11.2 Å². The van der Waals surface area contributed by atoms with E-state index in [1.54, 1.807) is 0 Å². The van der Waals surface area contributed by atoms with Crippen LogP contribution in [0.5, 0.6) is 0 Å². The molecule has 33 heavy (non-hydrogen) atoms. The Morgan fingerprint density at radius 2 is 1.88 bits per heavy atom. The molecule has 3 aromatic rings. The third-order valence-electron chi connectivity index (χ3n) is 5.10. The van der Waals surface area contributed by atoms with Crippen LogP contribution in [0.25, 0.3) is 22.5 Å². The van der Waals surface area contributed by atoms with Crippen LogP contribution in [0, 0.1) is 5.82 Å². The van der Waals surface area contributed by atoms with E-state index < -0.39 is 45.8 Å². The summed E-state index contributed by atoms with van der Waals surface area (Å²) in [6.07, 6.45) is 0. The Morgan fingerprint density at radius 1 is 1.18 bits per heavy atom. The molecule has 1 fully saturated rings. The van der Waals surface area contributed by atoms with Crippen molar-refractivity contribution in [2.24, 2.45) is 0 Å². The van der Waals surface area contributed by atoms with Crippen molar-refractivity contribution in [1.82, 2.24) is 20.0 Å². The Hall–Kier alpha value is -4.10. The van der Waals surface area contributed by atoms with Gasteiger partial charge in [0.05, 0.1) is 25.3 Å². The highest BCUT2D eigenvalue weighted by Crippen LogP contribution is 2.33. The molecule has 1 saturated heterocycles. The van der Waals surface area contributed by atoms with Crippen LogP contribution >= 0.6 is 0 Å². The van der Waals surface area contributed by atoms with E-state index in [9.17, 15) is 29.0 Å². The average molecular weight is 459 g/mol. The zero-order valence-corrected chi connectivity index (χ0v) is 17.0. The summed E-state index contributed by atoms with van der Waals surface area (Å²) in [6.45, 7) is 2.79. The molecule has 12 nitrogen and oxygen atoms in total. The van der Waals surface area contributed by atoms with E-state index in [0.717, 1.165) is 18.2 Å². The summed E-state index contributed by atoms with van der Waals surface area (Å²) in [5, 5.41) is 22.9.